The summed E-state index contributed by atoms with van der Waals surface area (Å²) < 4.78 is 10.9. The first-order chi connectivity index (χ1) is 6.69. The summed E-state index contributed by atoms with van der Waals surface area (Å²) in [7, 11) is 1.55. The molecule has 4 atom stereocenters. The Kier molecular flexibility index (Phi) is 2.65. The van der Waals surface area contributed by atoms with E-state index in [2.05, 4.69) is 13.8 Å². The third-order valence-corrected chi connectivity index (χ3v) is 4.27. The predicted octanol–water partition coefficient (Wildman–Crippen LogP) is 2.40. The Morgan fingerprint density at radius 1 is 1.14 bits per heavy atom. The first-order valence-corrected chi connectivity index (χ1v) is 5.82. The molecule has 4 unspecified atom stereocenters. The highest BCUT2D eigenvalue weighted by Gasteiger charge is 2.60. The number of hydrogen-bond donors (Lipinski definition) is 0. The maximum absolute atomic E-state index is 5.50. The Hall–Kier alpha value is -0.0151. The van der Waals surface area contributed by atoms with E-state index in [9.17, 15) is 0 Å². The Labute approximate surface area is 87.7 Å². The van der Waals surface area contributed by atoms with Crippen LogP contribution in [0.5, 0.6) is 0 Å². The average molecular weight is 195 g/mol. The number of hydrogen-bond acceptors (Lipinski definition) is 2. The van der Waals surface area contributed by atoms with Gasteiger partial charge in [-0.05, 0) is 30.1 Å². The van der Waals surface area contributed by atoms with Crippen molar-refractivity contribution in [3.63, 3.8) is 0 Å². The molecule has 2 nitrogen and oxygen atoms in total. The Morgan fingerprint density at radius 2 is 1.86 bits per heavy atom. The molecule has 3 heteroatoms. The zero-order valence-electron chi connectivity index (χ0n) is 9.62. The van der Waals surface area contributed by atoms with Crippen LogP contribution >= 0.6 is 0 Å². The van der Waals surface area contributed by atoms with Crippen LogP contribution in [0, 0.1) is 17.3 Å². The molecule has 1 heterocycles. The van der Waals surface area contributed by atoms with Crippen LogP contribution in [0.1, 0.15) is 40.5 Å². The lowest BCUT2D eigenvalue weighted by Gasteiger charge is -2.60. The van der Waals surface area contributed by atoms with E-state index in [1.54, 1.807) is 7.69 Å². The zero-order chi connectivity index (χ0) is 10.3. The van der Waals surface area contributed by atoms with Crippen molar-refractivity contribution in [2.45, 2.75) is 52.7 Å². The first-order valence-electron chi connectivity index (χ1n) is 5.82. The van der Waals surface area contributed by atoms with Crippen LogP contribution in [-0.2, 0) is 9.31 Å². The second-order valence-corrected chi connectivity index (χ2v) is 4.97. The van der Waals surface area contributed by atoms with Gasteiger partial charge in [0.2, 0.25) is 0 Å². The Bertz CT molecular complexity index is 217. The van der Waals surface area contributed by atoms with Gasteiger partial charge >= 0.3 is 7.69 Å². The minimum atomic E-state index is 0.366. The van der Waals surface area contributed by atoms with Gasteiger partial charge in [0.25, 0.3) is 0 Å². The van der Waals surface area contributed by atoms with E-state index >= 15 is 0 Å². The molecule has 0 aromatic rings. The fourth-order valence-electron chi connectivity index (χ4n) is 3.17. The van der Waals surface area contributed by atoms with Gasteiger partial charge < -0.3 is 9.31 Å². The van der Waals surface area contributed by atoms with Crippen molar-refractivity contribution < 1.29 is 9.31 Å². The lowest BCUT2D eigenvalue weighted by atomic mass is 9.47. The molecule has 4 fully saturated rings. The van der Waals surface area contributed by atoms with E-state index in [1.165, 1.54) is 12.8 Å². The molecule has 0 aromatic heterocycles. The molecule has 2 bridgehead atoms. The van der Waals surface area contributed by atoms with Crippen molar-refractivity contribution in [3.05, 3.63) is 0 Å². The maximum Gasteiger partial charge on any atom is 0.488 e. The maximum atomic E-state index is 5.50. The third-order valence-electron chi connectivity index (χ3n) is 4.27. The van der Waals surface area contributed by atoms with E-state index in [1.807, 2.05) is 13.8 Å². The molecular formula is C11H20BO2. The van der Waals surface area contributed by atoms with E-state index in [0.717, 1.165) is 11.8 Å². The van der Waals surface area contributed by atoms with Crippen molar-refractivity contribution in [2.24, 2.45) is 17.3 Å². The summed E-state index contributed by atoms with van der Waals surface area (Å²) in [6, 6.07) is 0. The van der Waals surface area contributed by atoms with Crippen LogP contribution in [0.25, 0.3) is 0 Å². The molecule has 0 aromatic carbocycles. The first kappa shape index (κ1) is 10.5. The minimum Gasteiger partial charge on any atom is -0.408 e. The molecule has 0 spiro atoms. The summed E-state index contributed by atoms with van der Waals surface area (Å²) >= 11 is 0. The van der Waals surface area contributed by atoms with Gasteiger partial charge in [-0.2, -0.15) is 0 Å². The van der Waals surface area contributed by atoms with Gasteiger partial charge in [-0.3, -0.25) is 0 Å². The van der Waals surface area contributed by atoms with Crippen LogP contribution in [-0.4, -0.2) is 19.9 Å². The fraction of sp³-hybridized carbons (Fsp3) is 1.00. The molecule has 1 aliphatic heterocycles. The van der Waals surface area contributed by atoms with Crippen molar-refractivity contribution in [1.82, 2.24) is 0 Å². The third kappa shape index (κ3) is 1.25. The highest BCUT2D eigenvalue weighted by atomic mass is 16.6. The summed E-state index contributed by atoms with van der Waals surface area (Å²) in [6.45, 7) is 8.73. The molecule has 4 rings (SSSR count). The summed E-state index contributed by atoms with van der Waals surface area (Å²) in [5, 5.41) is 0. The Morgan fingerprint density at radius 3 is 2.50 bits per heavy atom. The lowest BCUT2D eigenvalue weighted by molar-refractivity contribution is -0.150. The SMILES string of the molecule is CC.CC1(C)C2CC3O[B]OC3C1C2. The molecule has 3 aliphatic carbocycles. The highest BCUT2D eigenvalue weighted by Crippen LogP contribution is 2.61. The van der Waals surface area contributed by atoms with Gasteiger partial charge in [-0.25, -0.2) is 0 Å². The van der Waals surface area contributed by atoms with Crippen LogP contribution in [0.3, 0.4) is 0 Å². The smallest absolute Gasteiger partial charge is 0.408 e. The van der Waals surface area contributed by atoms with Gasteiger partial charge in [-0.15, -0.1) is 0 Å². The van der Waals surface area contributed by atoms with Gasteiger partial charge in [-0.1, -0.05) is 27.7 Å². The second kappa shape index (κ2) is 3.53. The van der Waals surface area contributed by atoms with E-state index < -0.39 is 0 Å². The van der Waals surface area contributed by atoms with Gasteiger partial charge in [0.15, 0.2) is 0 Å². The molecular weight excluding hydrogens is 175 g/mol. The standard InChI is InChI=1S/C9H14BO2.C2H6/c1-9(2)5-3-6(9)8-7(4-5)11-10-12-8;1-2/h5-8H,3-4H2,1-2H3;1-2H3. The van der Waals surface area contributed by atoms with Crippen LogP contribution < -0.4 is 0 Å². The monoisotopic (exact) mass is 195 g/mol. The van der Waals surface area contributed by atoms with E-state index in [4.69, 9.17) is 9.31 Å². The molecule has 14 heavy (non-hydrogen) atoms. The van der Waals surface area contributed by atoms with Crippen LogP contribution in [0.4, 0.5) is 0 Å². The molecule has 79 valence electrons. The van der Waals surface area contributed by atoms with Crippen LogP contribution in [0.15, 0.2) is 0 Å². The van der Waals surface area contributed by atoms with Gasteiger partial charge in [0, 0.05) is 0 Å². The van der Waals surface area contributed by atoms with Crippen molar-refractivity contribution in [2.75, 3.05) is 0 Å². The fourth-order valence-corrected chi connectivity index (χ4v) is 3.17. The normalized spacial score (nSPS) is 46.6. The quantitative estimate of drug-likeness (QED) is 0.552. The topological polar surface area (TPSA) is 18.5 Å². The van der Waals surface area contributed by atoms with E-state index in [-0.39, 0.29) is 0 Å². The molecule has 4 aliphatic rings. The summed E-state index contributed by atoms with van der Waals surface area (Å²) in [4.78, 5) is 0. The van der Waals surface area contributed by atoms with Gasteiger partial charge in [0.05, 0.1) is 12.2 Å². The lowest BCUT2D eigenvalue weighted by Crippen LogP contribution is -2.59. The largest absolute Gasteiger partial charge is 0.488 e. The average Bonchev–Trinajstić information content (AvgIpc) is 2.67. The molecule has 0 N–H and O–H groups in total. The van der Waals surface area contributed by atoms with Crippen molar-refractivity contribution >= 4 is 7.69 Å². The highest BCUT2D eigenvalue weighted by molar-refractivity contribution is 6.19. The minimum absolute atomic E-state index is 0.366. The van der Waals surface area contributed by atoms with Crippen LogP contribution in [0.2, 0.25) is 0 Å². The van der Waals surface area contributed by atoms with Crippen molar-refractivity contribution in [3.8, 4) is 0 Å². The zero-order valence-corrected chi connectivity index (χ0v) is 9.62. The predicted molar refractivity (Wildman–Crippen MR) is 56.8 cm³/mol. The number of rotatable bonds is 0. The summed E-state index contributed by atoms with van der Waals surface area (Å²) in [5.41, 5.74) is 0.503. The Balaban J connectivity index is 0.000000354. The summed E-state index contributed by atoms with van der Waals surface area (Å²) in [5.74, 6) is 1.61. The molecule has 1 radical (unpaired) electrons. The van der Waals surface area contributed by atoms with Crippen molar-refractivity contribution in [1.29, 1.82) is 0 Å². The molecule has 3 saturated carbocycles. The molecule has 1 saturated heterocycles. The second-order valence-electron chi connectivity index (χ2n) is 4.97. The summed E-state index contributed by atoms with van der Waals surface area (Å²) in [6.07, 6.45) is 3.29. The molecule has 0 amide bonds. The van der Waals surface area contributed by atoms with Gasteiger partial charge in [0.1, 0.15) is 0 Å². The van der Waals surface area contributed by atoms with E-state index in [0.29, 0.717) is 17.6 Å².